The quantitative estimate of drug-likeness (QED) is 0.619. The number of hydrogen-bond donors (Lipinski definition) is 3. The number of nitrogens with one attached hydrogen (secondary N) is 3. The van der Waals surface area contributed by atoms with Gasteiger partial charge in [0.25, 0.3) is 0 Å². The van der Waals surface area contributed by atoms with Gasteiger partial charge in [-0.05, 0) is 19.8 Å². The average Bonchev–Trinajstić information content (AvgIpc) is 3.09. The van der Waals surface area contributed by atoms with Crippen LogP contribution >= 0.6 is 0 Å². The van der Waals surface area contributed by atoms with Crippen LogP contribution < -0.4 is 16.0 Å². The van der Waals surface area contributed by atoms with Gasteiger partial charge in [-0.25, -0.2) is 0 Å². The number of carbonyl (C=O) groups is 2. The summed E-state index contributed by atoms with van der Waals surface area (Å²) in [6, 6.07) is -2.08. The fourth-order valence-corrected chi connectivity index (χ4v) is 3.61. The molecule has 0 spiro atoms. The van der Waals surface area contributed by atoms with Crippen LogP contribution in [0.15, 0.2) is 0 Å². The number of carbonyl (C=O) groups excluding carboxylic acids is 2. The molecule has 1 aliphatic carbocycles. The molecule has 2 rings (SSSR count). The van der Waals surface area contributed by atoms with Gasteiger partial charge in [-0.2, -0.15) is 13.2 Å². The summed E-state index contributed by atoms with van der Waals surface area (Å²) in [5.74, 6) is -0.534. The van der Waals surface area contributed by atoms with Gasteiger partial charge < -0.3 is 16.0 Å². The number of alkyl halides is 3. The molecular formula is C17H29F3N4O2. The fraction of sp³-hybridized carbons (Fsp3) is 0.882. The summed E-state index contributed by atoms with van der Waals surface area (Å²) in [5.41, 5.74) is 0. The van der Waals surface area contributed by atoms with Gasteiger partial charge in [-0.1, -0.05) is 12.8 Å². The summed E-state index contributed by atoms with van der Waals surface area (Å²) in [4.78, 5) is 25.4. The molecule has 150 valence electrons. The van der Waals surface area contributed by atoms with Crippen LogP contribution in [0.1, 0.15) is 39.0 Å². The van der Waals surface area contributed by atoms with E-state index in [4.69, 9.17) is 0 Å². The third-order valence-electron chi connectivity index (χ3n) is 5.07. The van der Waals surface area contributed by atoms with Crippen LogP contribution in [0.25, 0.3) is 0 Å². The van der Waals surface area contributed by atoms with Crippen LogP contribution in [-0.4, -0.2) is 67.7 Å². The second-order valence-corrected chi connectivity index (χ2v) is 7.24. The summed E-state index contributed by atoms with van der Waals surface area (Å²) < 4.78 is 39.9. The first-order chi connectivity index (χ1) is 12.3. The van der Waals surface area contributed by atoms with E-state index >= 15 is 0 Å². The van der Waals surface area contributed by atoms with Gasteiger partial charge in [0, 0.05) is 51.1 Å². The molecule has 9 heteroatoms. The van der Waals surface area contributed by atoms with Crippen molar-refractivity contribution in [1.29, 1.82) is 0 Å². The van der Waals surface area contributed by atoms with Crippen molar-refractivity contribution in [3.63, 3.8) is 0 Å². The number of amides is 2. The molecular weight excluding hydrogens is 349 g/mol. The Labute approximate surface area is 152 Å². The summed E-state index contributed by atoms with van der Waals surface area (Å²) in [6.07, 6.45) is -0.613. The Balaban J connectivity index is 1.76. The van der Waals surface area contributed by atoms with E-state index in [0.717, 1.165) is 25.7 Å². The number of halogens is 3. The molecule has 1 aliphatic heterocycles. The van der Waals surface area contributed by atoms with Crippen LogP contribution in [0.4, 0.5) is 13.2 Å². The lowest BCUT2D eigenvalue weighted by Gasteiger charge is -2.36. The highest BCUT2D eigenvalue weighted by Gasteiger charge is 2.43. The smallest absolute Gasteiger partial charge is 0.354 e. The standard InChI is InChI=1S/C17H29F3N4O2/c1-12(23-16(26)13-4-2-3-5-13)10-15(25)22-11-14(17(18,19)20)24-8-6-21-7-9-24/h12-14,21H,2-11H2,1H3,(H,22,25)(H,23,26). The molecule has 26 heavy (non-hydrogen) atoms. The first-order valence-electron chi connectivity index (χ1n) is 9.36. The molecule has 0 radical (unpaired) electrons. The molecule has 0 aromatic rings. The van der Waals surface area contributed by atoms with Crippen LogP contribution in [0.2, 0.25) is 0 Å². The molecule has 2 amide bonds. The third-order valence-corrected chi connectivity index (χ3v) is 5.07. The van der Waals surface area contributed by atoms with Crippen molar-refractivity contribution in [2.24, 2.45) is 5.92 Å². The van der Waals surface area contributed by atoms with E-state index in [-0.39, 0.29) is 18.2 Å². The van der Waals surface area contributed by atoms with Crippen LogP contribution in [0.3, 0.4) is 0 Å². The molecule has 1 saturated heterocycles. The number of rotatable bonds is 7. The molecule has 2 unspecified atom stereocenters. The van der Waals surface area contributed by atoms with E-state index < -0.39 is 30.7 Å². The van der Waals surface area contributed by atoms with Crippen molar-refractivity contribution in [1.82, 2.24) is 20.9 Å². The second kappa shape index (κ2) is 9.55. The Hall–Kier alpha value is -1.35. The van der Waals surface area contributed by atoms with Gasteiger partial charge in [0.05, 0.1) is 0 Å². The van der Waals surface area contributed by atoms with E-state index in [0.29, 0.717) is 26.2 Å². The Morgan fingerprint density at radius 2 is 1.81 bits per heavy atom. The number of nitrogens with zero attached hydrogens (tertiary/aromatic N) is 1. The minimum atomic E-state index is -4.40. The van der Waals surface area contributed by atoms with E-state index in [2.05, 4.69) is 16.0 Å². The van der Waals surface area contributed by atoms with Gasteiger partial charge >= 0.3 is 6.18 Å². The number of hydrogen-bond acceptors (Lipinski definition) is 4. The third kappa shape index (κ3) is 6.42. The van der Waals surface area contributed by atoms with Crippen LogP contribution in [-0.2, 0) is 9.59 Å². The minimum Gasteiger partial charge on any atom is -0.354 e. The van der Waals surface area contributed by atoms with E-state index in [1.807, 2.05) is 0 Å². The zero-order valence-corrected chi connectivity index (χ0v) is 15.2. The van der Waals surface area contributed by atoms with Gasteiger partial charge in [0.15, 0.2) is 0 Å². The zero-order chi connectivity index (χ0) is 19.2. The van der Waals surface area contributed by atoms with Crippen molar-refractivity contribution in [3.8, 4) is 0 Å². The highest BCUT2D eigenvalue weighted by Crippen LogP contribution is 2.25. The highest BCUT2D eigenvalue weighted by atomic mass is 19.4. The number of piperazine rings is 1. The SMILES string of the molecule is CC(CC(=O)NCC(N1CCNCC1)C(F)(F)F)NC(=O)C1CCCC1. The molecule has 0 aromatic heterocycles. The topological polar surface area (TPSA) is 73.5 Å². The van der Waals surface area contributed by atoms with Crippen molar-refractivity contribution in [3.05, 3.63) is 0 Å². The minimum absolute atomic E-state index is 0.00262. The molecule has 0 aromatic carbocycles. The van der Waals surface area contributed by atoms with Crippen LogP contribution in [0.5, 0.6) is 0 Å². The predicted octanol–water partition coefficient (Wildman–Crippen LogP) is 1.02. The van der Waals surface area contributed by atoms with Crippen molar-refractivity contribution >= 4 is 11.8 Å². The molecule has 1 saturated carbocycles. The summed E-state index contributed by atoms with van der Waals surface area (Å²) >= 11 is 0. The van der Waals surface area contributed by atoms with Crippen molar-refractivity contribution in [2.75, 3.05) is 32.7 Å². The molecule has 2 fully saturated rings. The molecule has 6 nitrogen and oxygen atoms in total. The summed E-state index contributed by atoms with van der Waals surface area (Å²) in [7, 11) is 0. The molecule has 2 aliphatic rings. The lowest BCUT2D eigenvalue weighted by atomic mass is 10.1. The largest absolute Gasteiger partial charge is 0.405 e. The molecule has 2 atom stereocenters. The monoisotopic (exact) mass is 378 g/mol. The Kier molecular flexibility index (Phi) is 7.69. The fourth-order valence-electron chi connectivity index (χ4n) is 3.61. The first-order valence-corrected chi connectivity index (χ1v) is 9.36. The first kappa shape index (κ1) is 21.0. The van der Waals surface area contributed by atoms with Gasteiger partial charge in [-0.3, -0.25) is 14.5 Å². The molecule has 0 bridgehead atoms. The Morgan fingerprint density at radius 3 is 2.38 bits per heavy atom. The van der Waals surface area contributed by atoms with Crippen molar-refractivity contribution < 1.29 is 22.8 Å². The Bertz CT molecular complexity index is 475. The predicted molar refractivity (Wildman–Crippen MR) is 91.5 cm³/mol. The summed E-state index contributed by atoms with van der Waals surface area (Å²) in [6.45, 7) is 2.84. The lowest BCUT2D eigenvalue weighted by molar-refractivity contribution is -0.184. The normalized spacial score (nSPS) is 22.0. The van der Waals surface area contributed by atoms with Gasteiger partial charge in [0.2, 0.25) is 11.8 Å². The zero-order valence-electron chi connectivity index (χ0n) is 15.2. The van der Waals surface area contributed by atoms with E-state index in [1.54, 1.807) is 6.92 Å². The maximum absolute atomic E-state index is 13.3. The maximum atomic E-state index is 13.3. The Morgan fingerprint density at radius 1 is 1.19 bits per heavy atom. The highest BCUT2D eigenvalue weighted by molar-refractivity contribution is 5.81. The van der Waals surface area contributed by atoms with E-state index in [1.165, 1.54) is 4.90 Å². The van der Waals surface area contributed by atoms with Gasteiger partial charge in [0.1, 0.15) is 6.04 Å². The van der Waals surface area contributed by atoms with Crippen molar-refractivity contribution in [2.45, 2.75) is 57.3 Å². The molecule has 1 heterocycles. The lowest BCUT2D eigenvalue weighted by Crippen LogP contribution is -2.57. The molecule has 3 N–H and O–H groups in total. The maximum Gasteiger partial charge on any atom is 0.405 e. The average molecular weight is 378 g/mol. The van der Waals surface area contributed by atoms with E-state index in [9.17, 15) is 22.8 Å². The van der Waals surface area contributed by atoms with Gasteiger partial charge in [-0.15, -0.1) is 0 Å². The van der Waals surface area contributed by atoms with Crippen LogP contribution in [0, 0.1) is 5.92 Å². The second-order valence-electron chi connectivity index (χ2n) is 7.24. The summed E-state index contributed by atoms with van der Waals surface area (Å²) in [5, 5.41) is 8.20.